The van der Waals surface area contributed by atoms with Gasteiger partial charge in [0.25, 0.3) is 0 Å². The Hall–Kier alpha value is -1.72. The summed E-state index contributed by atoms with van der Waals surface area (Å²) in [6, 6.07) is 4.77. The quantitative estimate of drug-likeness (QED) is 0.829. The number of halogens is 1. The lowest BCUT2D eigenvalue weighted by Crippen LogP contribution is -2.16. The number of hydrogen-bond acceptors (Lipinski definition) is 3. The molecule has 3 rings (SSSR count). The predicted octanol–water partition coefficient (Wildman–Crippen LogP) is 1.45. The third kappa shape index (κ3) is 1.72. The van der Waals surface area contributed by atoms with Crippen LogP contribution in [0.25, 0.3) is 5.69 Å². The van der Waals surface area contributed by atoms with E-state index in [0.717, 1.165) is 16.9 Å². The molecule has 1 aromatic carbocycles. The van der Waals surface area contributed by atoms with Gasteiger partial charge < -0.3 is 9.67 Å². The number of hydrogen-bond donors (Lipinski definition) is 1. The van der Waals surface area contributed by atoms with Crippen molar-refractivity contribution in [3.05, 3.63) is 47.3 Å². The first-order chi connectivity index (χ1) is 8.69. The molecule has 0 bridgehead atoms. The van der Waals surface area contributed by atoms with Gasteiger partial charge in [0.05, 0.1) is 30.0 Å². The van der Waals surface area contributed by atoms with Crippen LogP contribution < -0.4 is 0 Å². The van der Waals surface area contributed by atoms with Crippen LogP contribution in [0.2, 0.25) is 0 Å². The lowest BCUT2D eigenvalue weighted by atomic mass is 10.1. The molecule has 1 N–H and O–H groups in total. The largest absolute Gasteiger partial charge is 0.390 e. The summed E-state index contributed by atoms with van der Waals surface area (Å²) in [6.07, 6.45) is 1.69. The molecule has 1 aliphatic rings. The summed E-state index contributed by atoms with van der Waals surface area (Å²) in [6.45, 7) is 1.29. The molecule has 18 heavy (non-hydrogen) atoms. The number of nitrogens with zero attached hydrogens (tertiary/aromatic N) is 3. The first kappa shape index (κ1) is 11.4. The molecule has 94 valence electrons. The third-order valence-corrected chi connectivity index (χ3v) is 3.26. The van der Waals surface area contributed by atoms with Crippen molar-refractivity contribution >= 4 is 0 Å². The molecule has 2 aromatic rings. The zero-order valence-electron chi connectivity index (χ0n) is 10.1. The van der Waals surface area contributed by atoms with E-state index in [1.54, 1.807) is 18.5 Å². The topological polar surface area (TPSA) is 41.3 Å². The van der Waals surface area contributed by atoms with Crippen molar-refractivity contribution in [3.63, 3.8) is 0 Å². The first-order valence-electron chi connectivity index (χ1n) is 5.82. The van der Waals surface area contributed by atoms with Crippen molar-refractivity contribution < 1.29 is 9.50 Å². The Kier molecular flexibility index (Phi) is 2.65. The van der Waals surface area contributed by atoms with Crippen LogP contribution in [-0.4, -0.2) is 26.6 Å². The van der Waals surface area contributed by atoms with Gasteiger partial charge in [0.15, 0.2) is 0 Å². The zero-order valence-corrected chi connectivity index (χ0v) is 10.1. The van der Waals surface area contributed by atoms with Gasteiger partial charge in [0.2, 0.25) is 0 Å². The summed E-state index contributed by atoms with van der Waals surface area (Å²) in [7, 11) is 1.97. The summed E-state index contributed by atoms with van der Waals surface area (Å²) in [4.78, 5) is 6.29. The van der Waals surface area contributed by atoms with Gasteiger partial charge in [-0.2, -0.15) is 0 Å². The van der Waals surface area contributed by atoms with Gasteiger partial charge in [-0.05, 0) is 30.8 Å². The van der Waals surface area contributed by atoms with Gasteiger partial charge in [0.1, 0.15) is 5.82 Å². The van der Waals surface area contributed by atoms with Crippen molar-refractivity contribution in [1.29, 1.82) is 0 Å². The van der Waals surface area contributed by atoms with Gasteiger partial charge in [-0.3, -0.25) is 4.90 Å². The highest BCUT2D eigenvalue weighted by Crippen LogP contribution is 2.25. The number of rotatable bonds is 1. The molecular formula is C13H14FN3O. The minimum atomic E-state index is -0.229. The van der Waals surface area contributed by atoms with Gasteiger partial charge in [-0.1, -0.05) is 0 Å². The Morgan fingerprint density at radius 2 is 2.22 bits per heavy atom. The Bertz CT molecular complexity index is 594. The number of aliphatic hydroxyl groups is 1. The first-order valence-corrected chi connectivity index (χ1v) is 5.82. The fourth-order valence-corrected chi connectivity index (χ4v) is 2.44. The summed E-state index contributed by atoms with van der Waals surface area (Å²) in [5, 5.41) is 9.30. The fourth-order valence-electron chi connectivity index (χ4n) is 2.44. The second-order valence-electron chi connectivity index (χ2n) is 4.61. The number of fused-ring (bicyclic) bond motifs is 3. The maximum absolute atomic E-state index is 13.3. The molecule has 5 heteroatoms. The van der Waals surface area contributed by atoms with E-state index in [1.807, 2.05) is 11.6 Å². The van der Waals surface area contributed by atoms with E-state index in [0.29, 0.717) is 18.8 Å². The average Bonchev–Trinajstić information content (AvgIpc) is 2.66. The van der Waals surface area contributed by atoms with Crippen molar-refractivity contribution in [2.75, 3.05) is 7.05 Å². The van der Waals surface area contributed by atoms with Gasteiger partial charge in [-0.15, -0.1) is 0 Å². The van der Waals surface area contributed by atoms with Crippen molar-refractivity contribution in [2.24, 2.45) is 0 Å². The molecule has 0 aliphatic carbocycles. The minimum Gasteiger partial charge on any atom is -0.390 e. The van der Waals surface area contributed by atoms with E-state index in [9.17, 15) is 9.50 Å². The molecule has 4 nitrogen and oxygen atoms in total. The van der Waals surface area contributed by atoms with Crippen molar-refractivity contribution in [1.82, 2.24) is 14.5 Å². The Labute approximate surface area is 104 Å². The molecule has 0 unspecified atom stereocenters. The van der Waals surface area contributed by atoms with Crippen molar-refractivity contribution in [3.8, 4) is 5.69 Å². The summed E-state index contributed by atoms with van der Waals surface area (Å²) < 4.78 is 15.3. The highest BCUT2D eigenvalue weighted by Gasteiger charge is 2.20. The molecule has 0 spiro atoms. The van der Waals surface area contributed by atoms with E-state index in [-0.39, 0.29) is 12.4 Å². The van der Waals surface area contributed by atoms with E-state index in [1.165, 1.54) is 6.07 Å². The SMILES string of the molecule is CN1Cc2cc(F)ccc2-n2cnc(CO)c2C1. The molecule has 0 radical (unpaired) electrons. The Balaban J connectivity index is 2.22. The summed E-state index contributed by atoms with van der Waals surface area (Å²) >= 11 is 0. The molecule has 0 saturated heterocycles. The Morgan fingerprint density at radius 1 is 1.39 bits per heavy atom. The molecule has 0 atom stereocenters. The van der Waals surface area contributed by atoms with Crippen LogP contribution in [0.1, 0.15) is 17.0 Å². The lowest BCUT2D eigenvalue weighted by Gasteiger charge is -2.13. The van der Waals surface area contributed by atoms with Gasteiger partial charge in [-0.25, -0.2) is 9.37 Å². The number of imidazole rings is 1. The van der Waals surface area contributed by atoms with Crippen LogP contribution in [-0.2, 0) is 19.7 Å². The second-order valence-corrected chi connectivity index (χ2v) is 4.61. The number of aliphatic hydroxyl groups excluding tert-OH is 1. The highest BCUT2D eigenvalue weighted by atomic mass is 19.1. The molecule has 1 aromatic heterocycles. The predicted molar refractivity (Wildman–Crippen MR) is 64.6 cm³/mol. The maximum atomic E-state index is 13.3. The van der Waals surface area contributed by atoms with Crippen LogP contribution in [0.4, 0.5) is 4.39 Å². The molecule has 1 aliphatic heterocycles. The molecular weight excluding hydrogens is 233 g/mol. The van der Waals surface area contributed by atoms with E-state index < -0.39 is 0 Å². The Morgan fingerprint density at radius 3 is 3.00 bits per heavy atom. The van der Waals surface area contributed by atoms with Crippen LogP contribution >= 0.6 is 0 Å². The lowest BCUT2D eigenvalue weighted by molar-refractivity contribution is 0.269. The monoisotopic (exact) mass is 247 g/mol. The normalized spacial score (nSPS) is 15.1. The van der Waals surface area contributed by atoms with Gasteiger partial charge >= 0.3 is 0 Å². The summed E-state index contributed by atoms with van der Waals surface area (Å²) in [5.74, 6) is -0.229. The van der Waals surface area contributed by atoms with Crippen LogP contribution in [0.5, 0.6) is 0 Å². The highest BCUT2D eigenvalue weighted by molar-refractivity contribution is 5.44. The van der Waals surface area contributed by atoms with E-state index >= 15 is 0 Å². The van der Waals surface area contributed by atoms with Crippen molar-refractivity contribution in [2.45, 2.75) is 19.7 Å². The molecule has 0 saturated carbocycles. The van der Waals surface area contributed by atoms with Crippen LogP contribution in [0.15, 0.2) is 24.5 Å². The fraction of sp³-hybridized carbons (Fsp3) is 0.308. The third-order valence-electron chi connectivity index (χ3n) is 3.26. The number of aromatic nitrogens is 2. The smallest absolute Gasteiger partial charge is 0.123 e. The standard InChI is InChI=1S/C13H14FN3O/c1-16-5-9-4-10(14)2-3-12(9)17-8-15-11(7-18)13(17)6-16/h2-4,8,18H,5-7H2,1H3. The van der Waals surface area contributed by atoms with E-state index in [2.05, 4.69) is 9.88 Å². The van der Waals surface area contributed by atoms with Crippen LogP contribution in [0, 0.1) is 5.82 Å². The second kappa shape index (κ2) is 4.19. The maximum Gasteiger partial charge on any atom is 0.123 e. The van der Waals surface area contributed by atoms with Crippen LogP contribution in [0.3, 0.4) is 0 Å². The summed E-state index contributed by atoms with van der Waals surface area (Å²) in [5.41, 5.74) is 3.51. The minimum absolute atomic E-state index is 0.0767. The molecule has 2 heterocycles. The van der Waals surface area contributed by atoms with E-state index in [4.69, 9.17) is 0 Å². The number of benzene rings is 1. The molecule has 0 fully saturated rings. The van der Waals surface area contributed by atoms with Gasteiger partial charge in [0, 0.05) is 13.1 Å². The average molecular weight is 247 g/mol. The molecule has 0 amide bonds. The zero-order chi connectivity index (χ0) is 12.7.